The number of aryl methyl sites for hydroxylation is 1. The average Bonchev–Trinajstić information content (AvgIpc) is 2.18. The third kappa shape index (κ3) is 4.23. The second-order valence-corrected chi connectivity index (χ2v) is 5.60. The van der Waals surface area contributed by atoms with Crippen LogP contribution in [-0.4, -0.2) is 17.8 Å². The Morgan fingerprint density at radius 3 is 2.38 bits per heavy atom. The molecule has 0 radical (unpaired) electrons. The molecular weight excluding hydrogens is 198 g/mol. The Bertz CT molecular complexity index is 328. The summed E-state index contributed by atoms with van der Waals surface area (Å²) in [7, 11) is 0. The van der Waals surface area contributed by atoms with Gasteiger partial charge in [-0.2, -0.15) is 0 Å². The first kappa shape index (κ1) is 13.0. The highest BCUT2D eigenvalue weighted by atomic mass is 16.3. The fraction of sp³-hybridized carbons (Fsp3) is 0.571. The summed E-state index contributed by atoms with van der Waals surface area (Å²) >= 11 is 0. The molecule has 1 atom stereocenters. The Labute approximate surface area is 98.7 Å². The Hall–Kier alpha value is -1.02. The molecule has 2 nitrogen and oxygen atoms in total. The van der Waals surface area contributed by atoms with E-state index >= 15 is 0 Å². The van der Waals surface area contributed by atoms with Crippen molar-refractivity contribution in [2.24, 2.45) is 5.41 Å². The zero-order valence-electron chi connectivity index (χ0n) is 10.7. The molecule has 0 aromatic heterocycles. The van der Waals surface area contributed by atoms with Gasteiger partial charge >= 0.3 is 0 Å². The van der Waals surface area contributed by atoms with Gasteiger partial charge in [-0.1, -0.05) is 39.0 Å². The normalized spacial score (nSPS) is 13.6. The molecule has 0 saturated heterocycles. The highest BCUT2D eigenvalue weighted by molar-refractivity contribution is 5.50. The Balaban J connectivity index is 2.67. The predicted octanol–water partition coefficient (Wildman–Crippen LogP) is 3.20. The summed E-state index contributed by atoms with van der Waals surface area (Å²) in [5, 5.41) is 12.8. The van der Waals surface area contributed by atoms with Gasteiger partial charge in [0.1, 0.15) is 0 Å². The molecule has 1 rings (SSSR count). The van der Waals surface area contributed by atoms with Crippen molar-refractivity contribution in [3.8, 4) is 0 Å². The van der Waals surface area contributed by atoms with Crippen LogP contribution in [0.5, 0.6) is 0 Å². The van der Waals surface area contributed by atoms with E-state index in [-0.39, 0.29) is 18.1 Å². The molecule has 2 heteroatoms. The van der Waals surface area contributed by atoms with Gasteiger partial charge in [0.05, 0.1) is 6.61 Å². The monoisotopic (exact) mass is 221 g/mol. The van der Waals surface area contributed by atoms with E-state index in [1.54, 1.807) is 0 Å². The molecular formula is C14H23NO. The van der Waals surface area contributed by atoms with Gasteiger partial charge in [-0.15, -0.1) is 0 Å². The first-order valence-electron chi connectivity index (χ1n) is 5.85. The van der Waals surface area contributed by atoms with Crippen LogP contribution >= 0.6 is 0 Å². The molecule has 0 spiro atoms. The number of aliphatic hydroxyl groups excluding tert-OH is 1. The van der Waals surface area contributed by atoms with Gasteiger partial charge in [-0.25, -0.2) is 0 Å². The summed E-state index contributed by atoms with van der Waals surface area (Å²) in [6.07, 6.45) is 0.956. The largest absolute Gasteiger partial charge is 0.394 e. The van der Waals surface area contributed by atoms with Crippen molar-refractivity contribution >= 4 is 5.69 Å². The van der Waals surface area contributed by atoms with Crippen molar-refractivity contribution < 1.29 is 5.11 Å². The smallest absolute Gasteiger partial charge is 0.0633 e. The number of nitrogens with one attached hydrogen (secondary N) is 1. The fourth-order valence-electron chi connectivity index (χ4n) is 1.86. The van der Waals surface area contributed by atoms with Gasteiger partial charge in [0.2, 0.25) is 0 Å². The van der Waals surface area contributed by atoms with E-state index in [1.165, 1.54) is 5.56 Å². The second kappa shape index (κ2) is 5.35. The van der Waals surface area contributed by atoms with Crippen LogP contribution in [0.25, 0.3) is 0 Å². The maximum absolute atomic E-state index is 9.38. The van der Waals surface area contributed by atoms with Gasteiger partial charge in [-0.05, 0) is 30.4 Å². The second-order valence-electron chi connectivity index (χ2n) is 5.60. The number of anilines is 1. The highest BCUT2D eigenvalue weighted by Gasteiger charge is 2.18. The lowest BCUT2D eigenvalue weighted by Gasteiger charge is -2.26. The van der Waals surface area contributed by atoms with E-state index in [0.29, 0.717) is 0 Å². The molecule has 0 aliphatic heterocycles. The lowest BCUT2D eigenvalue weighted by molar-refractivity contribution is 0.234. The molecule has 0 heterocycles. The van der Waals surface area contributed by atoms with E-state index in [9.17, 15) is 5.11 Å². The van der Waals surface area contributed by atoms with Gasteiger partial charge in [0.15, 0.2) is 0 Å². The zero-order chi connectivity index (χ0) is 12.2. The standard InChI is InChI=1S/C14H23NO/c1-11-7-5-6-8-13(11)15-12(10-16)9-14(2,3)4/h5-8,12,15-16H,9-10H2,1-4H3. The topological polar surface area (TPSA) is 32.3 Å². The predicted molar refractivity (Wildman–Crippen MR) is 69.7 cm³/mol. The quantitative estimate of drug-likeness (QED) is 0.818. The molecule has 0 bridgehead atoms. The third-order valence-electron chi connectivity index (χ3n) is 2.58. The molecule has 2 N–H and O–H groups in total. The fourth-order valence-corrected chi connectivity index (χ4v) is 1.86. The number of para-hydroxylation sites is 1. The molecule has 0 amide bonds. The van der Waals surface area contributed by atoms with Crippen molar-refractivity contribution in [1.82, 2.24) is 0 Å². The van der Waals surface area contributed by atoms with E-state index in [1.807, 2.05) is 12.1 Å². The van der Waals surface area contributed by atoms with Gasteiger partial charge in [-0.3, -0.25) is 0 Å². The van der Waals surface area contributed by atoms with Crippen molar-refractivity contribution in [2.75, 3.05) is 11.9 Å². The number of benzene rings is 1. The molecule has 0 saturated carbocycles. The van der Waals surface area contributed by atoms with Crippen molar-refractivity contribution in [2.45, 2.75) is 40.2 Å². The van der Waals surface area contributed by atoms with E-state index in [2.05, 4.69) is 45.1 Å². The van der Waals surface area contributed by atoms with Crippen LogP contribution in [0.2, 0.25) is 0 Å². The maximum Gasteiger partial charge on any atom is 0.0633 e. The lowest BCUT2D eigenvalue weighted by atomic mass is 9.88. The minimum atomic E-state index is 0.126. The molecule has 1 aromatic rings. The molecule has 0 aliphatic carbocycles. The van der Waals surface area contributed by atoms with Crippen molar-refractivity contribution in [1.29, 1.82) is 0 Å². The van der Waals surface area contributed by atoms with Crippen LogP contribution in [0.1, 0.15) is 32.8 Å². The first-order valence-corrected chi connectivity index (χ1v) is 5.85. The molecule has 0 fully saturated rings. The Kier molecular flexibility index (Phi) is 4.36. The molecule has 0 aliphatic rings. The van der Waals surface area contributed by atoms with Crippen LogP contribution in [0.4, 0.5) is 5.69 Å². The highest BCUT2D eigenvalue weighted by Crippen LogP contribution is 2.23. The van der Waals surface area contributed by atoms with Gasteiger partial charge in [0.25, 0.3) is 0 Å². The van der Waals surface area contributed by atoms with Crippen molar-refractivity contribution in [3.63, 3.8) is 0 Å². The molecule has 1 unspecified atom stereocenters. The van der Waals surface area contributed by atoms with Crippen LogP contribution in [0.3, 0.4) is 0 Å². The summed E-state index contributed by atoms with van der Waals surface area (Å²) < 4.78 is 0. The van der Waals surface area contributed by atoms with Gasteiger partial charge < -0.3 is 10.4 Å². The number of rotatable bonds is 4. The minimum Gasteiger partial charge on any atom is -0.394 e. The molecule has 1 aromatic carbocycles. The SMILES string of the molecule is Cc1ccccc1NC(CO)CC(C)(C)C. The molecule has 90 valence electrons. The number of hydrogen-bond donors (Lipinski definition) is 2. The molecule has 16 heavy (non-hydrogen) atoms. The van der Waals surface area contributed by atoms with E-state index in [4.69, 9.17) is 0 Å². The van der Waals surface area contributed by atoms with E-state index < -0.39 is 0 Å². The lowest BCUT2D eigenvalue weighted by Crippen LogP contribution is -2.29. The number of hydrogen-bond acceptors (Lipinski definition) is 2. The third-order valence-corrected chi connectivity index (χ3v) is 2.58. The minimum absolute atomic E-state index is 0.126. The van der Waals surface area contributed by atoms with E-state index in [0.717, 1.165) is 12.1 Å². The van der Waals surface area contributed by atoms with Crippen LogP contribution in [-0.2, 0) is 0 Å². The number of aliphatic hydroxyl groups is 1. The van der Waals surface area contributed by atoms with Crippen LogP contribution in [0, 0.1) is 12.3 Å². The summed E-state index contributed by atoms with van der Waals surface area (Å²) in [5.41, 5.74) is 2.56. The average molecular weight is 221 g/mol. The Morgan fingerprint density at radius 2 is 1.88 bits per heavy atom. The maximum atomic E-state index is 9.38. The summed E-state index contributed by atoms with van der Waals surface area (Å²) in [4.78, 5) is 0. The van der Waals surface area contributed by atoms with Crippen LogP contribution in [0.15, 0.2) is 24.3 Å². The first-order chi connectivity index (χ1) is 7.42. The summed E-state index contributed by atoms with van der Waals surface area (Å²) in [5.74, 6) is 0. The summed E-state index contributed by atoms with van der Waals surface area (Å²) in [6.45, 7) is 8.82. The van der Waals surface area contributed by atoms with Crippen LogP contribution < -0.4 is 5.32 Å². The Morgan fingerprint density at radius 1 is 1.25 bits per heavy atom. The zero-order valence-corrected chi connectivity index (χ0v) is 10.7. The summed E-state index contributed by atoms with van der Waals surface area (Å²) in [6, 6.07) is 8.30. The van der Waals surface area contributed by atoms with Gasteiger partial charge in [0, 0.05) is 11.7 Å². The van der Waals surface area contributed by atoms with Crippen molar-refractivity contribution in [3.05, 3.63) is 29.8 Å².